The summed E-state index contributed by atoms with van der Waals surface area (Å²) >= 11 is 2.91. The molecule has 5 nitrogen and oxygen atoms in total. The molecule has 10 heteroatoms. The number of nitrogens with one attached hydrogen (secondary N) is 1. The molecular formula is C11H14BrF3N2O3S. The van der Waals surface area contributed by atoms with Gasteiger partial charge in [0, 0.05) is 16.6 Å². The Kier molecular flexibility index (Phi) is 5.30. The molecule has 21 heavy (non-hydrogen) atoms. The van der Waals surface area contributed by atoms with Crippen LogP contribution in [0.1, 0.15) is 13.8 Å². The van der Waals surface area contributed by atoms with E-state index >= 15 is 0 Å². The van der Waals surface area contributed by atoms with Crippen molar-refractivity contribution in [2.75, 3.05) is 6.54 Å². The number of alkyl halides is 3. The summed E-state index contributed by atoms with van der Waals surface area (Å²) in [6, 6.07) is 2.85. The van der Waals surface area contributed by atoms with Crippen LogP contribution in [0.3, 0.4) is 0 Å². The van der Waals surface area contributed by atoms with Crippen molar-refractivity contribution in [3.8, 4) is 5.75 Å². The van der Waals surface area contributed by atoms with E-state index in [0.717, 1.165) is 18.2 Å². The Bertz CT molecular complexity index is 612. The molecule has 0 aliphatic heterocycles. The van der Waals surface area contributed by atoms with Gasteiger partial charge in [-0.15, -0.1) is 13.2 Å². The van der Waals surface area contributed by atoms with Crippen LogP contribution in [0, 0.1) is 0 Å². The van der Waals surface area contributed by atoms with Crippen molar-refractivity contribution in [1.82, 2.24) is 4.72 Å². The number of ether oxygens (including phenoxy) is 1. The van der Waals surface area contributed by atoms with E-state index < -0.39 is 27.7 Å². The van der Waals surface area contributed by atoms with E-state index in [9.17, 15) is 21.6 Å². The van der Waals surface area contributed by atoms with Gasteiger partial charge in [0.15, 0.2) is 0 Å². The van der Waals surface area contributed by atoms with E-state index in [2.05, 4.69) is 25.4 Å². The highest BCUT2D eigenvalue weighted by molar-refractivity contribution is 9.10. The van der Waals surface area contributed by atoms with Crippen LogP contribution >= 0.6 is 15.9 Å². The Morgan fingerprint density at radius 3 is 2.33 bits per heavy atom. The van der Waals surface area contributed by atoms with Crippen molar-refractivity contribution in [2.24, 2.45) is 5.73 Å². The summed E-state index contributed by atoms with van der Waals surface area (Å²) in [7, 11) is -3.90. The largest absolute Gasteiger partial charge is 0.573 e. The first-order valence-corrected chi connectivity index (χ1v) is 7.92. The molecule has 1 aromatic carbocycles. The molecule has 0 radical (unpaired) electrons. The normalized spacial score (nSPS) is 13.3. The van der Waals surface area contributed by atoms with Crippen molar-refractivity contribution in [3.05, 3.63) is 22.7 Å². The van der Waals surface area contributed by atoms with Crippen LogP contribution in [0.4, 0.5) is 13.2 Å². The van der Waals surface area contributed by atoms with Gasteiger partial charge in [0.05, 0.1) is 4.90 Å². The second kappa shape index (κ2) is 6.11. The lowest BCUT2D eigenvalue weighted by atomic mass is 10.1. The van der Waals surface area contributed by atoms with Crippen LogP contribution in [0.25, 0.3) is 0 Å². The Morgan fingerprint density at radius 2 is 1.90 bits per heavy atom. The molecule has 0 aliphatic rings. The first-order valence-electron chi connectivity index (χ1n) is 5.64. The quantitative estimate of drug-likeness (QED) is 0.808. The smallest absolute Gasteiger partial charge is 0.406 e. The fourth-order valence-electron chi connectivity index (χ4n) is 1.26. The summed E-state index contributed by atoms with van der Waals surface area (Å²) in [5, 5.41) is 0. The zero-order chi connectivity index (χ0) is 16.5. The van der Waals surface area contributed by atoms with Crippen molar-refractivity contribution < 1.29 is 26.3 Å². The van der Waals surface area contributed by atoms with Gasteiger partial charge in [-0.25, -0.2) is 13.1 Å². The average molecular weight is 391 g/mol. The summed E-state index contributed by atoms with van der Waals surface area (Å²) in [5.41, 5.74) is 4.90. The zero-order valence-electron chi connectivity index (χ0n) is 11.2. The number of nitrogens with two attached hydrogens (primary N) is 1. The Morgan fingerprint density at radius 1 is 1.33 bits per heavy atom. The van der Waals surface area contributed by atoms with Gasteiger partial charge in [0.25, 0.3) is 0 Å². The fraction of sp³-hybridized carbons (Fsp3) is 0.455. The third-order valence-electron chi connectivity index (χ3n) is 2.14. The van der Waals surface area contributed by atoms with Gasteiger partial charge < -0.3 is 10.5 Å². The van der Waals surface area contributed by atoms with Gasteiger partial charge in [-0.1, -0.05) is 0 Å². The van der Waals surface area contributed by atoms with Gasteiger partial charge in [0.2, 0.25) is 10.0 Å². The van der Waals surface area contributed by atoms with Crippen molar-refractivity contribution in [2.45, 2.75) is 30.6 Å². The second-order valence-electron chi connectivity index (χ2n) is 4.95. The summed E-state index contributed by atoms with van der Waals surface area (Å²) in [6.07, 6.45) is -4.85. The van der Waals surface area contributed by atoms with Gasteiger partial charge in [0.1, 0.15) is 5.75 Å². The lowest BCUT2D eigenvalue weighted by Gasteiger charge is -2.19. The lowest BCUT2D eigenvalue weighted by Crippen LogP contribution is -2.45. The van der Waals surface area contributed by atoms with E-state index in [1.165, 1.54) is 0 Å². The third kappa shape index (κ3) is 6.20. The van der Waals surface area contributed by atoms with E-state index in [0.29, 0.717) is 0 Å². The molecule has 120 valence electrons. The topological polar surface area (TPSA) is 81.4 Å². The molecule has 0 bridgehead atoms. The number of hydrogen-bond donors (Lipinski definition) is 2. The first kappa shape index (κ1) is 18.2. The highest BCUT2D eigenvalue weighted by Gasteiger charge is 2.31. The Labute approximate surface area is 128 Å². The summed E-state index contributed by atoms with van der Waals surface area (Å²) in [6.45, 7) is 3.23. The maximum Gasteiger partial charge on any atom is 0.573 e. The van der Waals surface area contributed by atoms with Gasteiger partial charge in [-0.05, 0) is 48.0 Å². The van der Waals surface area contributed by atoms with E-state index in [4.69, 9.17) is 5.73 Å². The molecule has 0 atom stereocenters. The van der Waals surface area contributed by atoms with Crippen molar-refractivity contribution in [1.29, 1.82) is 0 Å². The maximum atomic E-state index is 12.1. The fourth-order valence-corrected chi connectivity index (χ4v) is 3.53. The first-order chi connectivity index (χ1) is 9.30. The number of halogens is 4. The predicted molar refractivity (Wildman–Crippen MR) is 74.3 cm³/mol. The monoisotopic (exact) mass is 390 g/mol. The average Bonchev–Trinajstić information content (AvgIpc) is 2.23. The standard InChI is InChI=1S/C11H14BrF3N2O3S/c1-10(2,16)6-17-21(18,19)9-4-3-7(5-8(9)12)20-11(13,14)15/h3-5,17H,6,16H2,1-2H3. The van der Waals surface area contributed by atoms with Crippen LogP contribution in [0.5, 0.6) is 5.75 Å². The van der Waals surface area contributed by atoms with Crippen LogP contribution in [-0.2, 0) is 10.0 Å². The van der Waals surface area contributed by atoms with E-state index in [1.54, 1.807) is 13.8 Å². The minimum absolute atomic E-state index is 0.0252. The lowest BCUT2D eigenvalue weighted by molar-refractivity contribution is -0.274. The summed E-state index contributed by atoms with van der Waals surface area (Å²) < 4.78 is 66.2. The van der Waals surface area contributed by atoms with E-state index in [1.807, 2.05) is 0 Å². The minimum atomic E-state index is -4.85. The molecule has 0 unspecified atom stereocenters. The molecule has 0 aliphatic carbocycles. The molecule has 0 saturated heterocycles. The molecule has 3 N–H and O–H groups in total. The van der Waals surface area contributed by atoms with Crippen LogP contribution in [0.15, 0.2) is 27.6 Å². The molecule has 0 aromatic heterocycles. The third-order valence-corrected chi connectivity index (χ3v) is 4.52. The minimum Gasteiger partial charge on any atom is -0.406 e. The number of rotatable bonds is 5. The zero-order valence-corrected chi connectivity index (χ0v) is 13.6. The highest BCUT2D eigenvalue weighted by Crippen LogP contribution is 2.30. The molecule has 1 aromatic rings. The Balaban J connectivity index is 2.99. The predicted octanol–water partition coefficient (Wildman–Crippen LogP) is 2.36. The van der Waals surface area contributed by atoms with Crippen molar-refractivity contribution >= 4 is 26.0 Å². The summed E-state index contributed by atoms with van der Waals surface area (Å²) in [5.74, 6) is -0.521. The molecule has 0 amide bonds. The summed E-state index contributed by atoms with van der Waals surface area (Å²) in [4.78, 5) is -0.207. The van der Waals surface area contributed by atoms with E-state index in [-0.39, 0.29) is 15.9 Å². The maximum absolute atomic E-state index is 12.1. The van der Waals surface area contributed by atoms with Gasteiger partial charge in [-0.3, -0.25) is 0 Å². The molecule has 0 fully saturated rings. The molecular weight excluding hydrogens is 377 g/mol. The van der Waals surface area contributed by atoms with Gasteiger partial charge in [-0.2, -0.15) is 0 Å². The SMILES string of the molecule is CC(C)(N)CNS(=O)(=O)c1ccc(OC(F)(F)F)cc1Br. The van der Waals surface area contributed by atoms with Gasteiger partial charge >= 0.3 is 6.36 Å². The molecule has 1 rings (SSSR count). The molecule has 0 spiro atoms. The molecule has 0 saturated carbocycles. The Hall–Kier alpha value is -0.840. The number of hydrogen-bond acceptors (Lipinski definition) is 4. The van der Waals surface area contributed by atoms with Crippen LogP contribution in [0.2, 0.25) is 0 Å². The van der Waals surface area contributed by atoms with Crippen LogP contribution < -0.4 is 15.2 Å². The number of sulfonamides is 1. The molecule has 0 heterocycles. The highest BCUT2D eigenvalue weighted by atomic mass is 79.9. The van der Waals surface area contributed by atoms with Crippen molar-refractivity contribution in [3.63, 3.8) is 0 Å². The number of benzene rings is 1. The second-order valence-corrected chi connectivity index (χ2v) is 7.54. The van der Waals surface area contributed by atoms with Crippen LogP contribution in [-0.4, -0.2) is 26.9 Å².